The highest BCUT2D eigenvalue weighted by molar-refractivity contribution is 6.23. The van der Waals surface area contributed by atoms with Crippen molar-refractivity contribution < 1.29 is 0 Å². The van der Waals surface area contributed by atoms with Gasteiger partial charge in [0.05, 0.1) is 11.4 Å². The molecule has 6 aromatic rings. The Balaban J connectivity index is 1.18. The van der Waals surface area contributed by atoms with Crippen molar-refractivity contribution in [1.82, 2.24) is 14.9 Å². The molecule has 4 aromatic carbocycles. The van der Waals surface area contributed by atoms with Crippen molar-refractivity contribution in [2.45, 2.75) is 32.4 Å². The highest BCUT2D eigenvalue weighted by Gasteiger charge is 2.12. The van der Waals surface area contributed by atoms with E-state index in [0.717, 1.165) is 50.3 Å². The van der Waals surface area contributed by atoms with Gasteiger partial charge >= 0.3 is 0 Å². The smallest absolute Gasteiger partial charge is 0.0544 e. The highest BCUT2D eigenvalue weighted by atomic mass is 15.1. The van der Waals surface area contributed by atoms with Crippen LogP contribution in [-0.2, 0) is 19.5 Å². The van der Waals surface area contributed by atoms with Crippen molar-refractivity contribution in [3.05, 3.63) is 120 Å². The van der Waals surface area contributed by atoms with E-state index >= 15 is 0 Å². The van der Waals surface area contributed by atoms with E-state index in [1.807, 2.05) is 24.5 Å². The summed E-state index contributed by atoms with van der Waals surface area (Å²) in [5.74, 6) is 0. The second-order valence-electron chi connectivity index (χ2n) is 9.39. The summed E-state index contributed by atoms with van der Waals surface area (Å²) in [5, 5.41) is 8.23. The highest BCUT2D eigenvalue weighted by Crippen LogP contribution is 2.36. The lowest BCUT2D eigenvalue weighted by molar-refractivity contribution is 0.245. The van der Waals surface area contributed by atoms with Crippen LogP contribution in [0.15, 0.2) is 103 Å². The van der Waals surface area contributed by atoms with Gasteiger partial charge in [0.15, 0.2) is 0 Å². The summed E-state index contributed by atoms with van der Waals surface area (Å²) in [7, 11) is 0. The first-order valence-corrected chi connectivity index (χ1v) is 12.5. The molecule has 35 heavy (non-hydrogen) atoms. The summed E-state index contributed by atoms with van der Waals surface area (Å²) in [6.45, 7) is 2.71. The van der Waals surface area contributed by atoms with Crippen molar-refractivity contribution in [1.29, 1.82) is 0 Å². The van der Waals surface area contributed by atoms with Gasteiger partial charge in [0.25, 0.3) is 0 Å². The van der Waals surface area contributed by atoms with Gasteiger partial charge in [-0.05, 0) is 88.0 Å². The number of unbranched alkanes of at least 4 members (excludes halogenated alkanes) is 1. The molecule has 0 fully saturated rings. The topological polar surface area (TPSA) is 29.0 Å². The van der Waals surface area contributed by atoms with Crippen LogP contribution in [0, 0.1) is 0 Å². The second kappa shape index (κ2) is 9.81. The summed E-state index contributed by atoms with van der Waals surface area (Å²) in [6, 6.07) is 32.7. The molecule has 172 valence electrons. The lowest BCUT2D eigenvalue weighted by Gasteiger charge is -2.22. The van der Waals surface area contributed by atoms with E-state index in [4.69, 9.17) is 0 Å². The molecule has 0 N–H and O–H groups in total. The third-order valence-corrected chi connectivity index (χ3v) is 7.01. The summed E-state index contributed by atoms with van der Waals surface area (Å²) < 4.78 is 0. The molecular weight excluding hydrogens is 426 g/mol. The van der Waals surface area contributed by atoms with Crippen LogP contribution < -0.4 is 0 Å². The minimum absolute atomic E-state index is 0.843. The zero-order valence-corrected chi connectivity index (χ0v) is 19.9. The molecule has 0 spiro atoms. The minimum atomic E-state index is 0.843. The lowest BCUT2D eigenvalue weighted by atomic mass is 9.90. The molecule has 0 radical (unpaired) electrons. The number of hydrogen-bond acceptors (Lipinski definition) is 3. The molecule has 3 heteroatoms. The summed E-state index contributed by atoms with van der Waals surface area (Å²) in [5.41, 5.74) is 3.67. The van der Waals surface area contributed by atoms with Gasteiger partial charge < -0.3 is 0 Å². The number of hydrogen-bond donors (Lipinski definition) is 0. The van der Waals surface area contributed by atoms with Crippen LogP contribution in [0.1, 0.15) is 29.8 Å². The summed E-state index contributed by atoms with van der Waals surface area (Å²) >= 11 is 0. The Morgan fingerprint density at radius 2 is 1.17 bits per heavy atom. The van der Waals surface area contributed by atoms with Crippen LogP contribution in [0.5, 0.6) is 0 Å². The fraction of sp³-hybridized carbons (Fsp3) is 0.188. The lowest BCUT2D eigenvalue weighted by Crippen LogP contribution is -2.25. The molecule has 0 amide bonds. The Bertz CT molecular complexity index is 1490. The average molecular weight is 456 g/mol. The molecule has 3 nitrogen and oxygen atoms in total. The van der Waals surface area contributed by atoms with Crippen molar-refractivity contribution in [3.8, 4) is 0 Å². The van der Waals surface area contributed by atoms with Crippen molar-refractivity contribution in [3.63, 3.8) is 0 Å². The zero-order chi connectivity index (χ0) is 23.5. The maximum Gasteiger partial charge on any atom is 0.0544 e. The number of aryl methyl sites for hydroxylation is 1. The quantitative estimate of drug-likeness (QED) is 0.168. The Morgan fingerprint density at radius 1 is 0.543 bits per heavy atom. The largest absolute Gasteiger partial charge is 0.292 e. The molecule has 0 bridgehead atoms. The molecule has 0 saturated heterocycles. The Morgan fingerprint density at radius 3 is 1.83 bits per heavy atom. The predicted molar refractivity (Wildman–Crippen MR) is 146 cm³/mol. The first-order chi connectivity index (χ1) is 17.3. The van der Waals surface area contributed by atoms with E-state index in [1.54, 1.807) is 0 Å². The second-order valence-corrected chi connectivity index (χ2v) is 9.39. The predicted octanol–water partition coefficient (Wildman–Crippen LogP) is 7.40. The zero-order valence-electron chi connectivity index (χ0n) is 19.9. The number of nitrogens with zero attached hydrogens (tertiary/aromatic N) is 3. The third kappa shape index (κ3) is 4.60. The molecule has 0 aliphatic heterocycles. The molecule has 2 heterocycles. The molecule has 2 aromatic heterocycles. The first kappa shape index (κ1) is 21.7. The van der Waals surface area contributed by atoms with Crippen LogP contribution in [-0.4, -0.2) is 21.4 Å². The Hall–Kier alpha value is -3.82. The molecule has 6 rings (SSSR count). The van der Waals surface area contributed by atoms with Crippen molar-refractivity contribution >= 4 is 32.3 Å². The summed E-state index contributed by atoms with van der Waals surface area (Å²) in [6.07, 6.45) is 7.14. The molecule has 0 aliphatic rings. The number of benzene rings is 4. The van der Waals surface area contributed by atoms with E-state index in [-0.39, 0.29) is 0 Å². The van der Waals surface area contributed by atoms with E-state index in [1.165, 1.54) is 37.9 Å². The van der Waals surface area contributed by atoms with Crippen LogP contribution in [0.2, 0.25) is 0 Å². The standard InChI is InChI=1S/C32H29N3/c1-4-19-33-28(11-1)22-35(23-29-12-2-5-20-34-29)21-6-3-8-24-13-14-27-16-15-25-9-7-10-26-17-18-30(24)32(27)31(25)26/h1-2,4-5,7,9-20H,3,6,8,21-23H2. The molecular formula is C32H29N3. The van der Waals surface area contributed by atoms with Gasteiger partial charge in [0.2, 0.25) is 0 Å². The normalized spacial score (nSPS) is 11.8. The summed E-state index contributed by atoms with van der Waals surface area (Å²) in [4.78, 5) is 11.6. The Labute approximate surface area is 206 Å². The fourth-order valence-corrected chi connectivity index (χ4v) is 5.32. The van der Waals surface area contributed by atoms with Crippen molar-refractivity contribution in [2.75, 3.05) is 6.54 Å². The fourth-order valence-electron chi connectivity index (χ4n) is 5.32. The van der Waals surface area contributed by atoms with Gasteiger partial charge in [-0.25, -0.2) is 0 Å². The molecule has 0 saturated carbocycles. The van der Waals surface area contributed by atoms with Crippen LogP contribution in [0.4, 0.5) is 0 Å². The van der Waals surface area contributed by atoms with Crippen LogP contribution in [0.3, 0.4) is 0 Å². The van der Waals surface area contributed by atoms with E-state index in [0.29, 0.717) is 0 Å². The van der Waals surface area contributed by atoms with Gasteiger partial charge in [-0.3, -0.25) is 14.9 Å². The van der Waals surface area contributed by atoms with E-state index in [9.17, 15) is 0 Å². The molecule has 0 unspecified atom stereocenters. The van der Waals surface area contributed by atoms with E-state index in [2.05, 4.69) is 93.7 Å². The average Bonchev–Trinajstić information content (AvgIpc) is 2.91. The van der Waals surface area contributed by atoms with Crippen molar-refractivity contribution in [2.24, 2.45) is 0 Å². The maximum atomic E-state index is 4.55. The number of rotatable bonds is 9. The maximum absolute atomic E-state index is 4.55. The molecule has 0 atom stereocenters. The molecule has 0 aliphatic carbocycles. The number of pyridine rings is 2. The minimum Gasteiger partial charge on any atom is -0.292 e. The van der Waals surface area contributed by atoms with Gasteiger partial charge in [0, 0.05) is 25.5 Å². The number of aromatic nitrogens is 2. The SMILES string of the molecule is c1ccc(CN(CCCCc2ccc3ccc4cccc5ccc2c3c45)Cc2ccccn2)nc1. The monoisotopic (exact) mass is 455 g/mol. The van der Waals surface area contributed by atoms with Gasteiger partial charge in [-0.15, -0.1) is 0 Å². The van der Waals surface area contributed by atoms with Gasteiger partial charge in [-0.2, -0.15) is 0 Å². The van der Waals surface area contributed by atoms with Gasteiger partial charge in [-0.1, -0.05) is 66.7 Å². The van der Waals surface area contributed by atoms with E-state index < -0.39 is 0 Å². The first-order valence-electron chi connectivity index (χ1n) is 12.5. The van der Waals surface area contributed by atoms with Crippen LogP contribution in [0.25, 0.3) is 32.3 Å². The van der Waals surface area contributed by atoms with Gasteiger partial charge in [0.1, 0.15) is 0 Å². The Kier molecular flexibility index (Phi) is 6.08. The van der Waals surface area contributed by atoms with Crippen LogP contribution >= 0.6 is 0 Å². The third-order valence-electron chi connectivity index (χ3n) is 7.01.